The third kappa shape index (κ3) is 2.17. The van der Waals surface area contributed by atoms with Gasteiger partial charge in [0.15, 0.2) is 0 Å². The van der Waals surface area contributed by atoms with Crippen LogP contribution in [0.2, 0.25) is 0 Å². The molecule has 0 aromatic carbocycles. The third-order valence-corrected chi connectivity index (χ3v) is 3.60. The zero-order valence-electron chi connectivity index (χ0n) is 7.67. The Labute approximate surface area is 90.2 Å². The first-order valence-corrected chi connectivity index (χ1v) is 5.90. The lowest BCUT2D eigenvalue weighted by molar-refractivity contribution is 0.182. The molecule has 1 atom stereocenters. The fraction of sp³-hybridized carbons (Fsp3) is 0.333. The standard InChI is InChI=1S/C9H10N2OS2/c1-6-2-7(5-13-6)3-8(12)9-4-10-11-14-9/h2,4-5,8,12H,3H2,1H3. The van der Waals surface area contributed by atoms with Gasteiger partial charge in [-0.15, -0.1) is 16.4 Å². The van der Waals surface area contributed by atoms with Gasteiger partial charge in [0, 0.05) is 11.3 Å². The monoisotopic (exact) mass is 226 g/mol. The Morgan fingerprint density at radius 2 is 2.43 bits per heavy atom. The van der Waals surface area contributed by atoms with Crippen LogP contribution in [-0.4, -0.2) is 14.7 Å². The normalized spacial score (nSPS) is 13.0. The second kappa shape index (κ2) is 4.16. The maximum absolute atomic E-state index is 9.81. The molecule has 1 unspecified atom stereocenters. The van der Waals surface area contributed by atoms with Crippen molar-refractivity contribution >= 4 is 22.9 Å². The van der Waals surface area contributed by atoms with Crippen LogP contribution in [0.25, 0.3) is 0 Å². The van der Waals surface area contributed by atoms with Crippen LogP contribution in [0.4, 0.5) is 0 Å². The highest BCUT2D eigenvalue weighted by Crippen LogP contribution is 2.22. The van der Waals surface area contributed by atoms with E-state index in [-0.39, 0.29) is 0 Å². The van der Waals surface area contributed by atoms with Crippen molar-refractivity contribution in [3.8, 4) is 0 Å². The zero-order chi connectivity index (χ0) is 9.97. The summed E-state index contributed by atoms with van der Waals surface area (Å²) in [6.07, 6.45) is 1.80. The van der Waals surface area contributed by atoms with Gasteiger partial charge in [-0.3, -0.25) is 0 Å². The smallest absolute Gasteiger partial charge is 0.0954 e. The maximum Gasteiger partial charge on any atom is 0.0954 e. The second-order valence-electron chi connectivity index (χ2n) is 3.11. The molecule has 5 heteroatoms. The number of aryl methyl sites for hydroxylation is 1. The average Bonchev–Trinajstić information content (AvgIpc) is 2.75. The quantitative estimate of drug-likeness (QED) is 0.872. The first-order chi connectivity index (χ1) is 6.75. The molecule has 0 spiro atoms. The van der Waals surface area contributed by atoms with E-state index >= 15 is 0 Å². The predicted octanol–water partition coefficient (Wildman–Crippen LogP) is 2.18. The van der Waals surface area contributed by atoms with Gasteiger partial charge < -0.3 is 5.11 Å². The summed E-state index contributed by atoms with van der Waals surface area (Å²) in [4.78, 5) is 2.10. The molecule has 0 bridgehead atoms. The summed E-state index contributed by atoms with van der Waals surface area (Å²) in [6.45, 7) is 2.06. The van der Waals surface area contributed by atoms with Gasteiger partial charge in [-0.1, -0.05) is 4.49 Å². The van der Waals surface area contributed by atoms with Crippen LogP contribution in [0.5, 0.6) is 0 Å². The topological polar surface area (TPSA) is 46.0 Å². The Kier molecular flexibility index (Phi) is 2.90. The summed E-state index contributed by atoms with van der Waals surface area (Å²) < 4.78 is 3.72. The number of hydrogen-bond acceptors (Lipinski definition) is 5. The number of nitrogens with zero attached hydrogens (tertiary/aromatic N) is 2. The van der Waals surface area contributed by atoms with Crippen molar-refractivity contribution < 1.29 is 5.11 Å². The number of aliphatic hydroxyl groups excluding tert-OH is 1. The zero-order valence-corrected chi connectivity index (χ0v) is 9.31. The van der Waals surface area contributed by atoms with Crippen molar-refractivity contribution in [3.05, 3.63) is 33.0 Å². The minimum absolute atomic E-state index is 0.469. The molecule has 74 valence electrons. The average molecular weight is 226 g/mol. The number of aromatic nitrogens is 2. The van der Waals surface area contributed by atoms with Gasteiger partial charge in [-0.25, -0.2) is 0 Å². The van der Waals surface area contributed by atoms with Crippen LogP contribution in [0.15, 0.2) is 17.6 Å². The molecule has 2 aromatic heterocycles. The molecule has 3 nitrogen and oxygen atoms in total. The minimum atomic E-state index is -0.469. The highest BCUT2D eigenvalue weighted by Gasteiger charge is 2.11. The summed E-state index contributed by atoms with van der Waals surface area (Å²) in [6, 6.07) is 2.10. The van der Waals surface area contributed by atoms with Crippen LogP contribution in [0.3, 0.4) is 0 Å². The van der Waals surface area contributed by atoms with Crippen molar-refractivity contribution in [3.63, 3.8) is 0 Å². The minimum Gasteiger partial charge on any atom is -0.387 e. The van der Waals surface area contributed by atoms with Crippen molar-refractivity contribution in [2.24, 2.45) is 0 Å². The van der Waals surface area contributed by atoms with E-state index in [1.807, 2.05) is 0 Å². The molecule has 0 saturated carbocycles. The molecule has 2 heterocycles. The summed E-state index contributed by atoms with van der Waals surface area (Å²) >= 11 is 2.95. The summed E-state index contributed by atoms with van der Waals surface area (Å²) in [5, 5.41) is 15.6. The molecule has 0 aliphatic heterocycles. The molecule has 0 radical (unpaired) electrons. The van der Waals surface area contributed by atoms with Gasteiger partial charge in [0.05, 0.1) is 17.2 Å². The fourth-order valence-corrected chi connectivity index (χ4v) is 2.46. The van der Waals surface area contributed by atoms with Crippen molar-refractivity contribution in [1.82, 2.24) is 9.59 Å². The van der Waals surface area contributed by atoms with Crippen LogP contribution in [0.1, 0.15) is 21.4 Å². The predicted molar refractivity (Wildman–Crippen MR) is 57.6 cm³/mol. The van der Waals surface area contributed by atoms with Gasteiger partial charge >= 0.3 is 0 Å². The summed E-state index contributed by atoms with van der Waals surface area (Å²) in [5.74, 6) is 0. The fourth-order valence-electron chi connectivity index (χ4n) is 1.25. The SMILES string of the molecule is Cc1cc(CC(O)c2cnns2)cs1. The lowest BCUT2D eigenvalue weighted by Gasteiger charge is -2.04. The molecule has 14 heavy (non-hydrogen) atoms. The Bertz CT molecular complexity index is 397. The van der Waals surface area contributed by atoms with Crippen LogP contribution >= 0.6 is 22.9 Å². The summed E-state index contributed by atoms with van der Waals surface area (Å²) in [5.41, 5.74) is 1.17. The van der Waals surface area contributed by atoms with E-state index in [1.54, 1.807) is 17.5 Å². The van der Waals surface area contributed by atoms with E-state index in [0.717, 1.165) is 4.88 Å². The van der Waals surface area contributed by atoms with Gasteiger partial charge in [-0.2, -0.15) is 0 Å². The number of hydrogen-bond donors (Lipinski definition) is 1. The van der Waals surface area contributed by atoms with Crippen molar-refractivity contribution in [1.29, 1.82) is 0 Å². The maximum atomic E-state index is 9.81. The largest absolute Gasteiger partial charge is 0.387 e. The molecule has 0 amide bonds. The number of thiophene rings is 1. The van der Waals surface area contributed by atoms with E-state index in [0.29, 0.717) is 6.42 Å². The van der Waals surface area contributed by atoms with Crippen molar-refractivity contribution in [2.45, 2.75) is 19.4 Å². The first-order valence-electron chi connectivity index (χ1n) is 4.25. The van der Waals surface area contributed by atoms with E-state index < -0.39 is 6.10 Å². The molecular weight excluding hydrogens is 216 g/mol. The van der Waals surface area contributed by atoms with E-state index in [9.17, 15) is 5.11 Å². The third-order valence-electron chi connectivity index (χ3n) is 1.92. The van der Waals surface area contributed by atoms with Crippen LogP contribution < -0.4 is 0 Å². The highest BCUT2D eigenvalue weighted by molar-refractivity contribution is 7.10. The molecule has 0 aliphatic rings. The molecule has 0 aliphatic carbocycles. The highest BCUT2D eigenvalue weighted by atomic mass is 32.1. The Morgan fingerprint density at radius 1 is 1.57 bits per heavy atom. The van der Waals surface area contributed by atoms with Crippen molar-refractivity contribution in [2.75, 3.05) is 0 Å². The Morgan fingerprint density at radius 3 is 3.00 bits per heavy atom. The van der Waals surface area contributed by atoms with Gasteiger partial charge in [0.1, 0.15) is 0 Å². The lowest BCUT2D eigenvalue weighted by atomic mass is 10.1. The second-order valence-corrected chi connectivity index (χ2v) is 5.04. The van der Waals surface area contributed by atoms with Gasteiger partial charge in [0.25, 0.3) is 0 Å². The van der Waals surface area contributed by atoms with E-state index in [2.05, 4.69) is 28.0 Å². The molecule has 0 fully saturated rings. The molecule has 2 aromatic rings. The molecule has 0 saturated heterocycles. The first kappa shape index (κ1) is 9.76. The molecular formula is C9H10N2OS2. The van der Waals surface area contributed by atoms with Gasteiger partial charge in [0.2, 0.25) is 0 Å². The van der Waals surface area contributed by atoms with E-state index in [4.69, 9.17) is 0 Å². The van der Waals surface area contributed by atoms with Crippen LogP contribution in [0, 0.1) is 6.92 Å². The van der Waals surface area contributed by atoms with Crippen LogP contribution in [-0.2, 0) is 6.42 Å². The summed E-state index contributed by atoms with van der Waals surface area (Å²) in [7, 11) is 0. The Balaban J connectivity index is 2.05. The molecule has 1 N–H and O–H groups in total. The number of aliphatic hydroxyl groups is 1. The number of rotatable bonds is 3. The van der Waals surface area contributed by atoms with E-state index in [1.165, 1.54) is 22.0 Å². The molecule has 2 rings (SSSR count). The van der Waals surface area contributed by atoms with Gasteiger partial charge in [-0.05, 0) is 35.5 Å². The lowest BCUT2D eigenvalue weighted by Crippen LogP contribution is -1.98. The Hall–Kier alpha value is -0.780.